The van der Waals surface area contributed by atoms with Crippen LogP contribution in [0.1, 0.15) is 32.7 Å². The first-order chi connectivity index (χ1) is 15.1. The van der Waals surface area contributed by atoms with Crippen LogP contribution in [-0.4, -0.2) is 31.6 Å². The molecule has 3 aromatic rings. The second-order valence-electron chi connectivity index (χ2n) is 7.35. The molecule has 0 fully saturated rings. The highest BCUT2D eigenvalue weighted by Crippen LogP contribution is 2.38. The lowest BCUT2D eigenvalue weighted by molar-refractivity contribution is 0.0987. The average molecular weight is 439 g/mol. The summed E-state index contributed by atoms with van der Waals surface area (Å²) in [6.45, 7) is 1.61. The van der Waals surface area contributed by atoms with Crippen LogP contribution in [0.3, 0.4) is 0 Å². The molecular formula is C23H19ClN2O5. The summed E-state index contributed by atoms with van der Waals surface area (Å²) in [5, 5.41) is 3.24. The Morgan fingerprint density at radius 2 is 1.90 bits per heavy atom. The van der Waals surface area contributed by atoms with E-state index in [4.69, 9.17) is 25.5 Å². The number of halogens is 1. The number of carbonyl (C=O) groups excluding carboxylic acids is 2. The van der Waals surface area contributed by atoms with Gasteiger partial charge in [-0.2, -0.15) is 0 Å². The van der Waals surface area contributed by atoms with E-state index in [1.807, 2.05) is 12.1 Å². The van der Waals surface area contributed by atoms with Crippen LogP contribution in [0.2, 0.25) is 5.02 Å². The van der Waals surface area contributed by atoms with Crippen LogP contribution < -0.4 is 19.7 Å². The Hall–Kier alpha value is -3.45. The van der Waals surface area contributed by atoms with Gasteiger partial charge in [0.05, 0.1) is 30.1 Å². The number of benzene rings is 2. The van der Waals surface area contributed by atoms with Gasteiger partial charge in [0.25, 0.3) is 11.8 Å². The van der Waals surface area contributed by atoms with Crippen molar-refractivity contribution in [2.24, 2.45) is 0 Å². The Kier molecular flexibility index (Phi) is 5.03. The molecule has 158 valence electrons. The summed E-state index contributed by atoms with van der Waals surface area (Å²) in [6, 6.07) is 10.4. The minimum Gasteiger partial charge on any atom is -0.489 e. The number of hydrogen-bond acceptors (Lipinski definition) is 5. The van der Waals surface area contributed by atoms with Gasteiger partial charge >= 0.3 is 0 Å². The van der Waals surface area contributed by atoms with Crippen LogP contribution in [-0.2, 0) is 6.42 Å². The predicted octanol–water partition coefficient (Wildman–Crippen LogP) is 4.55. The number of ether oxygens (including phenoxy) is 2. The molecule has 0 saturated heterocycles. The van der Waals surface area contributed by atoms with Gasteiger partial charge in [0.1, 0.15) is 6.26 Å². The van der Waals surface area contributed by atoms with E-state index in [1.165, 1.54) is 12.5 Å². The van der Waals surface area contributed by atoms with E-state index >= 15 is 0 Å². The minimum atomic E-state index is -0.304. The van der Waals surface area contributed by atoms with Gasteiger partial charge in [-0.1, -0.05) is 11.6 Å². The molecule has 3 heterocycles. The SMILES string of the molecule is O=C(Nc1ccc2c(c1)CCN2C(=O)c1ccoc1)c1cc(Cl)c2c(c1)OCCCO2. The van der Waals surface area contributed by atoms with E-state index in [-0.39, 0.29) is 11.8 Å². The maximum absolute atomic E-state index is 12.8. The average Bonchev–Trinajstić information content (AvgIpc) is 3.38. The van der Waals surface area contributed by atoms with E-state index in [2.05, 4.69) is 5.32 Å². The van der Waals surface area contributed by atoms with Crippen LogP contribution in [0.4, 0.5) is 11.4 Å². The van der Waals surface area contributed by atoms with E-state index in [1.54, 1.807) is 29.2 Å². The van der Waals surface area contributed by atoms with Crippen molar-refractivity contribution in [2.75, 3.05) is 30.0 Å². The van der Waals surface area contributed by atoms with E-state index in [9.17, 15) is 9.59 Å². The third-order valence-corrected chi connectivity index (χ3v) is 5.59. The molecule has 0 radical (unpaired) electrons. The Labute approximate surface area is 183 Å². The number of fused-ring (bicyclic) bond motifs is 2. The van der Waals surface area contributed by atoms with Crippen LogP contribution in [0.15, 0.2) is 53.3 Å². The van der Waals surface area contributed by atoms with E-state index < -0.39 is 0 Å². The standard InChI is InChI=1S/C23H19ClN2O5/c24-18-11-16(12-20-21(18)31-8-1-7-30-20)22(27)25-17-2-3-19-14(10-17)4-6-26(19)23(28)15-5-9-29-13-15/h2-3,5,9-13H,1,4,6-8H2,(H,25,27). The summed E-state index contributed by atoms with van der Waals surface area (Å²) in [6.07, 6.45) is 4.38. The van der Waals surface area contributed by atoms with Crippen molar-refractivity contribution in [3.63, 3.8) is 0 Å². The number of rotatable bonds is 3. The maximum atomic E-state index is 12.8. The van der Waals surface area contributed by atoms with Crippen molar-refractivity contribution in [3.05, 3.63) is 70.6 Å². The van der Waals surface area contributed by atoms with Gasteiger partial charge in [-0.15, -0.1) is 0 Å². The lowest BCUT2D eigenvalue weighted by Crippen LogP contribution is -2.28. The van der Waals surface area contributed by atoms with Crippen molar-refractivity contribution in [1.82, 2.24) is 0 Å². The van der Waals surface area contributed by atoms with Crippen molar-refractivity contribution in [2.45, 2.75) is 12.8 Å². The van der Waals surface area contributed by atoms with Gasteiger partial charge in [0.15, 0.2) is 11.5 Å². The van der Waals surface area contributed by atoms with Crippen molar-refractivity contribution >= 4 is 34.8 Å². The molecule has 0 atom stereocenters. The molecule has 0 aliphatic carbocycles. The molecule has 31 heavy (non-hydrogen) atoms. The number of furan rings is 1. The predicted molar refractivity (Wildman–Crippen MR) is 116 cm³/mol. The normalized spacial score (nSPS) is 14.7. The summed E-state index contributed by atoms with van der Waals surface area (Å²) in [7, 11) is 0. The third-order valence-electron chi connectivity index (χ3n) is 5.31. The summed E-state index contributed by atoms with van der Waals surface area (Å²) in [5.41, 5.74) is 3.36. The van der Waals surface area contributed by atoms with Crippen LogP contribution >= 0.6 is 11.6 Å². The van der Waals surface area contributed by atoms with Crippen LogP contribution in [0.5, 0.6) is 11.5 Å². The zero-order valence-electron chi connectivity index (χ0n) is 16.5. The van der Waals surface area contributed by atoms with Crippen LogP contribution in [0.25, 0.3) is 0 Å². The summed E-state index contributed by atoms with van der Waals surface area (Å²) >= 11 is 6.30. The van der Waals surface area contributed by atoms with Gasteiger partial charge in [0, 0.05) is 29.9 Å². The lowest BCUT2D eigenvalue weighted by Gasteiger charge is -2.17. The molecule has 5 rings (SSSR count). The quantitative estimate of drug-likeness (QED) is 0.648. The third kappa shape index (κ3) is 3.72. The van der Waals surface area contributed by atoms with Gasteiger partial charge in [-0.25, -0.2) is 0 Å². The molecule has 1 N–H and O–H groups in total. The fourth-order valence-corrected chi connectivity index (χ4v) is 4.06. The number of nitrogens with zero attached hydrogens (tertiary/aromatic N) is 1. The molecule has 8 heteroatoms. The number of anilines is 2. The molecule has 2 aromatic carbocycles. The molecule has 0 saturated carbocycles. The van der Waals surface area contributed by atoms with E-state index in [0.717, 1.165) is 17.7 Å². The van der Waals surface area contributed by atoms with Gasteiger partial charge < -0.3 is 24.1 Å². The molecule has 0 bridgehead atoms. The zero-order chi connectivity index (χ0) is 21.4. The fraction of sp³-hybridized carbons (Fsp3) is 0.217. The second kappa shape index (κ2) is 8.00. The first kappa shape index (κ1) is 19.5. The van der Waals surface area contributed by atoms with Gasteiger partial charge in [-0.05, 0) is 48.4 Å². The second-order valence-corrected chi connectivity index (χ2v) is 7.76. The Bertz CT molecular complexity index is 1160. The molecule has 2 aliphatic heterocycles. The first-order valence-electron chi connectivity index (χ1n) is 9.97. The lowest BCUT2D eigenvalue weighted by atomic mass is 10.1. The molecule has 2 aliphatic rings. The summed E-state index contributed by atoms with van der Waals surface area (Å²) in [4.78, 5) is 27.2. The molecule has 2 amide bonds. The maximum Gasteiger partial charge on any atom is 0.261 e. The molecule has 7 nitrogen and oxygen atoms in total. The number of nitrogens with one attached hydrogen (secondary N) is 1. The van der Waals surface area contributed by atoms with Crippen molar-refractivity contribution in [1.29, 1.82) is 0 Å². The number of carbonyl (C=O) groups is 2. The summed E-state index contributed by atoms with van der Waals surface area (Å²) in [5.74, 6) is 0.529. The Morgan fingerprint density at radius 3 is 2.74 bits per heavy atom. The highest BCUT2D eigenvalue weighted by atomic mass is 35.5. The van der Waals surface area contributed by atoms with E-state index in [0.29, 0.717) is 59.5 Å². The Morgan fingerprint density at radius 1 is 1.03 bits per heavy atom. The van der Waals surface area contributed by atoms with Crippen molar-refractivity contribution < 1.29 is 23.5 Å². The molecular weight excluding hydrogens is 420 g/mol. The topological polar surface area (TPSA) is 81.0 Å². The first-order valence-corrected chi connectivity index (χ1v) is 10.4. The number of amides is 2. The van der Waals surface area contributed by atoms with Gasteiger partial charge in [0.2, 0.25) is 0 Å². The highest BCUT2D eigenvalue weighted by molar-refractivity contribution is 6.32. The Balaban J connectivity index is 1.35. The monoisotopic (exact) mass is 438 g/mol. The largest absolute Gasteiger partial charge is 0.489 e. The van der Waals surface area contributed by atoms with Crippen molar-refractivity contribution in [3.8, 4) is 11.5 Å². The smallest absolute Gasteiger partial charge is 0.261 e. The molecule has 0 unspecified atom stereocenters. The van der Waals surface area contributed by atoms with Gasteiger partial charge in [-0.3, -0.25) is 9.59 Å². The van der Waals surface area contributed by atoms with Crippen LogP contribution in [0, 0.1) is 0 Å². The zero-order valence-corrected chi connectivity index (χ0v) is 17.3. The minimum absolute atomic E-state index is 0.105. The molecule has 1 aromatic heterocycles. The fourth-order valence-electron chi connectivity index (χ4n) is 3.80. The number of hydrogen-bond donors (Lipinski definition) is 1. The molecule has 0 spiro atoms. The summed E-state index contributed by atoms with van der Waals surface area (Å²) < 4.78 is 16.3. The highest BCUT2D eigenvalue weighted by Gasteiger charge is 2.26.